The van der Waals surface area contributed by atoms with Gasteiger partial charge in [-0.15, -0.1) is 0 Å². The lowest BCUT2D eigenvalue weighted by molar-refractivity contribution is -0.903. The van der Waals surface area contributed by atoms with Gasteiger partial charge in [0.15, 0.2) is 0 Å². The first-order valence-corrected chi connectivity index (χ1v) is 8.48. The average Bonchev–Trinajstić information content (AvgIpc) is 2.47. The average molecular weight is 313 g/mol. The maximum atomic E-state index is 2.32. The predicted octanol–water partition coefficient (Wildman–Crippen LogP) is 3.71. The van der Waals surface area contributed by atoms with Gasteiger partial charge in [-0.1, -0.05) is 54.6 Å². The van der Waals surface area contributed by atoms with Gasteiger partial charge in [-0.05, 0) is 5.56 Å². The van der Waals surface area contributed by atoms with Crippen LogP contribution in [0.5, 0.6) is 0 Å². The number of hydrogen-bond acceptors (Lipinski definition) is 0. The van der Waals surface area contributed by atoms with Crippen LogP contribution in [0.3, 0.4) is 0 Å². The van der Waals surface area contributed by atoms with E-state index in [4.69, 9.17) is 0 Å². The Labute approximate surface area is 142 Å². The van der Waals surface area contributed by atoms with Crippen molar-refractivity contribution >= 4 is 0 Å². The molecular weight excluding hydrogens is 280 g/mol. The van der Waals surface area contributed by atoms with Crippen LogP contribution in [-0.2, 0) is 19.5 Å². The number of benzene rings is 2. The van der Waals surface area contributed by atoms with Crippen molar-refractivity contribution in [3.63, 3.8) is 0 Å². The third kappa shape index (κ3) is 6.55. The highest BCUT2D eigenvalue weighted by molar-refractivity contribution is 5.21. The Bertz CT molecular complexity index is 592. The quantitative estimate of drug-likeness (QED) is 0.684. The topological polar surface area (TPSA) is 0 Å². The van der Waals surface area contributed by atoms with Gasteiger partial charge in [-0.3, -0.25) is 0 Å². The number of quaternary nitrogens is 2. The molecule has 0 aliphatic rings. The summed E-state index contributed by atoms with van der Waals surface area (Å²) in [6.07, 6.45) is 1.13. The molecular formula is C21H32N2+2. The van der Waals surface area contributed by atoms with E-state index in [0.717, 1.165) is 35.0 Å². The molecule has 0 saturated heterocycles. The van der Waals surface area contributed by atoms with Crippen LogP contribution < -0.4 is 0 Å². The van der Waals surface area contributed by atoms with E-state index in [9.17, 15) is 0 Å². The van der Waals surface area contributed by atoms with Crippen molar-refractivity contribution in [2.24, 2.45) is 0 Å². The molecule has 0 atom stereocenters. The van der Waals surface area contributed by atoms with Crippen LogP contribution in [0, 0.1) is 0 Å². The zero-order valence-electron chi connectivity index (χ0n) is 15.4. The van der Waals surface area contributed by atoms with Crippen molar-refractivity contribution in [2.75, 3.05) is 41.8 Å². The maximum Gasteiger partial charge on any atom is 0.104 e. The highest BCUT2D eigenvalue weighted by Crippen LogP contribution is 2.14. The summed E-state index contributed by atoms with van der Waals surface area (Å²) in [6.45, 7) is 3.31. The third-order valence-electron chi connectivity index (χ3n) is 4.14. The lowest BCUT2D eigenvalue weighted by Gasteiger charge is -2.30. The third-order valence-corrected chi connectivity index (χ3v) is 4.14. The van der Waals surface area contributed by atoms with Crippen LogP contribution in [0.15, 0.2) is 54.6 Å². The SMILES string of the molecule is C[N+](C)(C)Cc1ccc(C[N+](C)(C)CCc2ccccc2)cc1. The minimum Gasteiger partial charge on any atom is -0.327 e. The van der Waals surface area contributed by atoms with Gasteiger partial charge in [-0.2, -0.15) is 0 Å². The lowest BCUT2D eigenvalue weighted by atomic mass is 10.1. The standard InChI is InChI=1S/C21H32N2/c1-22(2,3)17-20-11-13-21(14-12-20)18-23(4,5)16-15-19-9-7-6-8-10-19/h6-14H,15-18H2,1-5H3/q+2. The van der Waals surface area contributed by atoms with Gasteiger partial charge in [0.25, 0.3) is 0 Å². The van der Waals surface area contributed by atoms with Crippen molar-refractivity contribution in [1.82, 2.24) is 0 Å². The first kappa shape index (κ1) is 17.7. The second-order valence-corrected chi connectivity index (χ2v) is 8.32. The Morgan fingerprint density at radius 1 is 0.609 bits per heavy atom. The molecule has 0 saturated carbocycles. The van der Waals surface area contributed by atoms with Crippen molar-refractivity contribution < 1.29 is 8.97 Å². The van der Waals surface area contributed by atoms with Crippen LogP contribution in [0.4, 0.5) is 0 Å². The summed E-state index contributed by atoms with van der Waals surface area (Å²) in [4.78, 5) is 0. The molecule has 0 fully saturated rings. The van der Waals surface area contributed by atoms with E-state index in [1.165, 1.54) is 16.7 Å². The molecule has 2 aromatic rings. The molecule has 0 amide bonds. The van der Waals surface area contributed by atoms with Crippen molar-refractivity contribution in [3.8, 4) is 0 Å². The van der Waals surface area contributed by atoms with Crippen molar-refractivity contribution in [2.45, 2.75) is 19.5 Å². The fourth-order valence-electron chi connectivity index (χ4n) is 2.95. The highest BCUT2D eigenvalue weighted by atomic mass is 15.3. The van der Waals surface area contributed by atoms with E-state index in [0.29, 0.717) is 0 Å². The van der Waals surface area contributed by atoms with E-state index in [1.807, 2.05) is 0 Å². The predicted molar refractivity (Wildman–Crippen MR) is 99.0 cm³/mol. The summed E-state index contributed by atoms with van der Waals surface area (Å²) in [6, 6.07) is 20.0. The van der Waals surface area contributed by atoms with Gasteiger partial charge in [0.1, 0.15) is 13.1 Å². The molecule has 0 unspecified atom stereocenters. The molecule has 0 aliphatic heterocycles. The molecule has 0 N–H and O–H groups in total. The summed E-state index contributed by atoms with van der Waals surface area (Å²) >= 11 is 0. The molecule has 2 nitrogen and oxygen atoms in total. The molecule has 124 valence electrons. The fourth-order valence-corrected chi connectivity index (χ4v) is 2.95. The Morgan fingerprint density at radius 3 is 1.65 bits per heavy atom. The van der Waals surface area contributed by atoms with E-state index >= 15 is 0 Å². The Morgan fingerprint density at radius 2 is 1.13 bits per heavy atom. The fraction of sp³-hybridized carbons (Fsp3) is 0.429. The van der Waals surface area contributed by atoms with Crippen LogP contribution in [0.25, 0.3) is 0 Å². The van der Waals surface area contributed by atoms with Gasteiger partial charge in [0, 0.05) is 17.5 Å². The molecule has 2 rings (SSSR count). The monoisotopic (exact) mass is 312 g/mol. The molecule has 0 bridgehead atoms. The van der Waals surface area contributed by atoms with Gasteiger partial charge < -0.3 is 8.97 Å². The number of likely N-dealkylation sites (N-methyl/N-ethyl adjacent to an activating group) is 1. The second kappa shape index (κ2) is 7.29. The molecule has 0 aliphatic carbocycles. The highest BCUT2D eigenvalue weighted by Gasteiger charge is 2.16. The van der Waals surface area contributed by atoms with Crippen LogP contribution in [0.1, 0.15) is 16.7 Å². The van der Waals surface area contributed by atoms with E-state index < -0.39 is 0 Å². The Kier molecular flexibility index (Phi) is 5.61. The number of nitrogens with zero attached hydrogens (tertiary/aromatic N) is 2. The molecule has 0 heterocycles. The largest absolute Gasteiger partial charge is 0.327 e. The van der Waals surface area contributed by atoms with Crippen molar-refractivity contribution in [3.05, 3.63) is 71.3 Å². The first-order valence-electron chi connectivity index (χ1n) is 8.48. The normalized spacial score (nSPS) is 12.4. The Hall–Kier alpha value is -1.64. The summed E-state index contributed by atoms with van der Waals surface area (Å²) in [5.74, 6) is 0. The number of rotatable bonds is 7. The molecule has 0 radical (unpaired) electrons. The molecule has 23 heavy (non-hydrogen) atoms. The molecule has 2 heteroatoms. The first-order chi connectivity index (χ1) is 10.7. The van der Waals surface area contributed by atoms with Gasteiger partial charge >= 0.3 is 0 Å². The zero-order valence-corrected chi connectivity index (χ0v) is 15.4. The smallest absolute Gasteiger partial charge is 0.104 e. The minimum atomic E-state index is 0.970. The minimum absolute atomic E-state index is 0.970. The van der Waals surface area contributed by atoms with Crippen LogP contribution in [-0.4, -0.2) is 50.7 Å². The van der Waals surface area contributed by atoms with Gasteiger partial charge in [0.2, 0.25) is 0 Å². The molecule has 0 aromatic heterocycles. The van der Waals surface area contributed by atoms with Gasteiger partial charge in [0.05, 0.1) is 41.8 Å². The van der Waals surface area contributed by atoms with Crippen LogP contribution >= 0.6 is 0 Å². The summed E-state index contributed by atoms with van der Waals surface area (Å²) in [7, 11) is 11.3. The summed E-state index contributed by atoms with van der Waals surface area (Å²) in [5.41, 5.74) is 4.26. The summed E-state index contributed by atoms with van der Waals surface area (Å²) in [5, 5.41) is 0. The zero-order chi connectivity index (χ0) is 16.9. The lowest BCUT2D eigenvalue weighted by Crippen LogP contribution is -2.40. The van der Waals surface area contributed by atoms with E-state index in [1.54, 1.807) is 0 Å². The van der Waals surface area contributed by atoms with Gasteiger partial charge in [-0.25, -0.2) is 0 Å². The number of hydrogen-bond donors (Lipinski definition) is 0. The van der Waals surface area contributed by atoms with Crippen molar-refractivity contribution in [1.29, 1.82) is 0 Å². The molecule has 0 spiro atoms. The van der Waals surface area contributed by atoms with E-state index in [2.05, 4.69) is 89.8 Å². The van der Waals surface area contributed by atoms with E-state index in [-0.39, 0.29) is 0 Å². The molecule has 2 aromatic carbocycles. The maximum absolute atomic E-state index is 2.32. The van der Waals surface area contributed by atoms with Crippen LogP contribution in [0.2, 0.25) is 0 Å². The Balaban J connectivity index is 1.92. The second-order valence-electron chi connectivity index (χ2n) is 8.32. The summed E-state index contributed by atoms with van der Waals surface area (Å²) < 4.78 is 1.99.